The number of carboxylic acid groups (broad SMARTS) is 1. The lowest BCUT2D eigenvalue weighted by atomic mass is 9.86. The summed E-state index contributed by atoms with van der Waals surface area (Å²) in [5.41, 5.74) is 1.53. The third-order valence-corrected chi connectivity index (χ3v) is 3.51. The molecule has 21 heavy (non-hydrogen) atoms. The van der Waals surface area contributed by atoms with E-state index in [1.54, 1.807) is 20.8 Å². The summed E-state index contributed by atoms with van der Waals surface area (Å²) in [6.45, 7) is 7.16. The zero-order valence-electron chi connectivity index (χ0n) is 12.7. The normalized spacial score (nSPS) is 13.1. The fraction of sp³-hybridized carbons (Fsp3) is 0.375. The summed E-state index contributed by atoms with van der Waals surface area (Å²) in [6, 6.07) is 6.52. The van der Waals surface area contributed by atoms with Crippen molar-refractivity contribution < 1.29 is 14.7 Å². The summed E-state index contributed by atoms with van der Waals surface area (Å²) < 4.78 is 0. The van der Waals surface area contributed by atoms with E-state index in [2.05, 4.69) is 10.3 Å². The van der Waals surface area contributed by atoms with Gasteiger partial charge in [0.05, 0.1) is 5.56 Å². The first-order valence-corrected chi connectivity index (χ1v) is 6.83. The molecule has 0 radical (unpaired) electrons. The number of aromatic nitrogens is 1. The van der Waals surface area contributed by atoms with Gasteiger partial charge in [-0.3, -0.25) is 4.79 Å². The van der Waals surface area contributed by atoms with Gasteiger partial charge >= 0.3 is 5.97 Å². The number of aromatic amines is 1. The Bertz CT molecular complexity index is 695. The van der Waals surface area contributed by atoms with Gasteiger partial charge in [-0.25, -0.2) is 4.79 Å². The smallest absolute Gasteiger partial charge is 0.326 e. The molecule has 1 aromatic heterocycles. The molecule has 0 bridgehead atoms. The van der Waals surface area contributed by atoms with E-state index in [1.165, 1.54) is 0 Å². The SMILES string of the molecule is Cc1[nH]c2ccccc2c1C(=O)NC(C(=O)O)C(C)(C)C. The molecule has 1 unspecified atom stereocenters. The number of amides is 1. The average molecular weight is 288 g/mol. The maximum atomic E-state index is 12.5. The monoisotopic (exact) mass is 288 g/mol. The van der Waals surface area contributed by atoms with Crippen LogP contribution in [-0.2, 0) is 4.79 Å². The van der Waals surface area contributed by atoms with Gasteiger partial charge < -0.3 is 15.4 Å². The van der Waals surface area contributed by atoms with Gasteiger partial charge in [0, 0.05) is 16.6 Å². The number of hydrogen-bond donors (Lipinski definition) is 3. The van der Waals surface area contributed by atoms with Crippen LogP contribution in [0.3, 0.4) is 0 Å². The molecule has 0 saturated heterocycles. The molecule has 2 rings (SSSR count). The highest BCUT2D eigenvalue weighted by atomic mass is 16.4. The molecule has 5 heteroatoms. The fourth-order valence-electron chi connectivity index (χ4n) is 2.42. The van der Waals surface area contributed by atoms with Crippen molar-refractivity contribution in [2.75, 3.05) is 0 Å². The Hall–Kier alpha value is -2.30. The van der Waals surface area contributed by atoms with Crippen LogP contribution in [0, 0.1) is 12.3 Å². The van der Waals surface area contributed by atoms with E-state index in [0.717, 1.165) is 16.6 Å². The number of carboxylic acids is 1. The Labute approximate surface area is 123 Å². The van der Waals surface area contributed by atoms with Crippen molar-refractivity contribution in [3.8, 4) is 0 Å². The van der Waals surface area contributed by atoms with Crippen LogP contribution in [-0.4, -0.2) is 28.0 Å². The maximum absolute atomic E-state index is 12.5. The van der Waals surface area contributed by atoms with Crippen molar-refractivity contribution in [3.63, 3.8) is 0 Å². The molecule has 2 aromatic rings. The van der Waals surface area contributed by atoms with Gasteiger partial charge in [-0.1, -0.05) is 39.0 Å². The summed E-state index contributed by atoms with van der Waals surface area (Å²) in [5.74, 6) is -1.40. The van der Waals surface area contributed by atoms with E-state index in [0.29, 0.717) is 5.56 Å². The summed E-state index contributed by atoms with van der Waals surface area (Å²) >= 11 is 0. The lowest BCUT2D eigenvalue weighted by molar-refractivity contribution is -0.142. The van der Waals surface area contributed by atoms with Crippen molar-refractivity contribution >= 4 is 22.8 Å². The number of rotatable bonds is 3. The second-order valence-electron chi connectivity index (χ2n) is 6.28. The van der Waals surface area contributed by atoms with Crippen molar-refractivity contribution in [3.05, 3.63) is 35.5 Å². The van der Waals surface area contributed by atoms with Crippen LogP contribution in [0.2, 0.25) is 0 Å². The Morgan fingerprint density at radius 3 is 2.43 bits per heavy atom. The molecule has 112 valence electrons. The first-order chi connectivity index (χ1) is 9.71. The van der Waals surface area contributed by atoms with Crippen LogP contribution >= 0.6 is 0 Å². The molecule has 0 fully saturated rings. The highest BCUT2D eigenvalue weighted by Gasteiger charge is 2.33. The van der Waals surface area contributed by atoms with E-state index in [1.807, 2.05) is 31.2 Å². The minimum Gasteiger partial charge on any atom is -0.480 e. The number of fused-ring (bicyclic) bond motifs is 1. The second-order valence-corrected chi connectivity index (χ2v) is 6.28. The second kappa shape index (κ2) is 5.24. The summed E-state index contributed by atoms with van der Waals surface area (Å²) in [6.07, 6.45) is 0. The maximum Gasteiger partial charge on any atom is 0.326 e. The van der Waals surface area contributed by atoms with Crippen LogP contribution in [0.25, 0.3) is 10.9 Å². The number of nitrogens with one attached hydrogen (secondary N) is 2. The lowest BCUT2D eigenvalue weighted by Gasteiger charge is -2.27. The lowest BCUT2D eigenvalue weighted by Crippen LogP contribution is -2.49. The minimum absolute atomic E-state index is 0.368. The molecule has 1 aromatic carbocycles. The number of carbonyl (C=O) groups excluding carboxylic acids is 1. The van der Waals surface area contributed by atoms with Gasteiger partial charge in [-0.05, 0) is 18.4 Å². The van der Waals surface area contributed by atoms with Crippen molar-refractivity contribution in [2.45, 2.75) is 33.7 Å². The molecular formula is C16H20N2O3. The van der Waals surface area contributed by atoms with E-state index >= 15 is 0 Å². The number of hydrogen-bond acceptors (Lipinski definition) is 2. The standard InChI is InChI=1S/C16H20N2O3/c1-9-12(10-7-5-6-8-11(10)17-9)14(19)18-13(15(20)21)16(2,3)4/h5-8,13,17H,1-4H3,(H,18,19)(H,20,21). The third kappa shape index (κ3) is 2.91. The summed E-state index contributed by atoms with van der Waals surface area (Å²) in [7, 11) is 0. The van der Waals surface area contributed by atoms with E-state index in [-0.39, 0.29) is 5.91 Å². The highest BCUT2D eigenvalue weighted by molar-refractivity contribution is 6.09. The van der Waals surface area contributed by atoms with Gasteiger partial charge in [0.15, 0.2) is 0 Å². The van der Waals surface area contributed by atoms with Gasteiger partial charge in [-0.2, -0.15) is 0 Å². The molecule has 1 heterocycles. The molecule has 5 nitrogen and oxygen atoms in total. The Morgan fingerprint density at radius 1 is 1.24 bits per heavy atom. The molecule has 0 aliphatic rings. The topological polar surface area (TPSA) is 82.2 Å². The van der Waals surface area contributed by atoms with Crippen molar-refractivity contribution in [2.24, 2.45) is 5.41 Å². The summed E-state index contributed by atoms with van der Waals surface area (Å²) in [5, 5.41) is 12.7. The number of aryl methyl sites for hydroxylation is 1. The number of para-hydroxylation sites is 1. The van der Waals surface area contributed by atoms with Gasteiger partial charge in [0.2, 0.25) is 0 Å². The molecule has 3 N–H and O–H groups in total. The zero-order chi connectivity index (χ0) is 15.8. The minimum atomic E-state index is -1.03. The summed E-state index contributed by atoms with van der Waals surface area (Å²) in [4.78, 5) is 27.0. The van der Waals surface area contributed by atoms with Crippen molar-refractivity contribution in [1.29, 1.82) is 0 Å². The quantitative estimate of drug-likeness (QED) is 0.812. The zero-order valence-corrected chi connectivity index (χ0v) is 12.7. The average Bonchev–Trinajstić information content (AvgIpc) is 2.69. The molecular weight excluding hydrogens is 268 g/mol. The predicted molar refractivity (Wildman–Crippen MR) is 81.4 cm³/mol. The fourth-order valence-corrected chi connectivity index (χ4v) is 2.42. The molecule has 0 aliphatic heterocycles. The molecule has 0 spiro atoms. The van der Waals surface area contributed by atoms with Crippen LogP contribution in [0.4, 0.5) is 0 Å². The highest BCUT2D eigenvalue weighted by Crippen LogP contribution is 2.24. The molecule has 1 atom stereocenters. The first kappa shape index (κ1) is 15.1. The number of aliphatic carboxylic acids is 1. The predicted octanol–water partition coefficient (Wildman–Crippen LogP) is 2.71. The first-order valence-electron chi connectivity index (χ1n) is 6.83. The third-order valence-electron chi connectivity index (χ3n) is 3.51. The van der Waals surface area contributed by atoms with Crippen LogP contribution in [0.15, 0.2) is 24.3 Å². The van der Waals surface area contributed by atoms with Crippen molar-refractivity contribution in [1.82, 2.24) is 10.3 Å². The number of H-pyrrole nitrogens is 1. The number of benzene rings is 1. The Balaban J connectivity index is 2.39. The largest absolute Gasteiger partial charge is 0.480 e. The van der Waals surface area contributed by atoms with Crippen LogP contribution in [0.1, 0.15) is 36.8 Å². The molecule has 1 amide bonds. The molecule has 0 saturated carbocycles. The molecule has 0 aliphatic carbocycles. The van der Waals surface area contributed by atoms with Crippen LogP contribution in [0.5, 0.6) is 0 Å². The van der Waals surface area contributed by atoms with E-state index in [4.69, 9.17) is 0 Å². The van der Waals surface area contributed by atoms with Crippen LogP contribution < -0.4 is 5.32 Å². The number of carbonyl (C=O) groups is 2. The van der Waals surface area contributed by atoms with Gasteiger partial charge in [-0.15, -0.1) is 0 Å². The Morgan fingerprint density at radius 2 is 1.86 bits per heavy atom. The van der Waals surface area contributed by atoms with Gasteiger partial charge in [0.25, 0.3) is 5.91 Å². The van der Waals surface area contributed by atoms with E-state index < -0.39 is 17.4 Å². The van der Waals surface area contributed by atoms with Gasteiger partial charge in [0.1, 0.15) is 6.04 Å². The Kier molecular flexibility index (Phi) is 3.77. The van der Waals surface area contributed by atoms with E-state index in [9.17, 15) is 14.7 Å².